The third-order valence-electron chi connectivity index (χ3n) is 3.45. The monoisotopic (exact) mass is 404 g/mol. The number of nitrogens with one attached hydrogen (secondary N) is 2. The van der Waals surface area contributed by atoms with Gasteiger partial charge in [-0.1, -0.05) is 6.07 Å². The first kappa shape index (κ1) is 21.4. The number of esters is 1. The van der Waals surface area contributed by atoms with Crippen LogP contribution in [-0.2, 0) is 14.3 Å². The molecule has 0 fully saturated rings. The maximum Gasteiger partial charge on any atom is 0.412 e. The Kier molecular flexibility index (Phi) is 7.17. The van der Waals surface area contributed by atoms with Gasteiger partial charge in [-0.15, -0.1) is 11.3 Å². The van der Waals surface area contributed by atoms with E-state index in [1.54, 1.807) is 44.2 Å². The van der Waals surface area contributed by atoms with Gasteiger partial charge in [0.25, 0.3) is 5.91 Å². The van der Waals surface area contributed by atoms with Crippen molar-refractivity contribution in [1.29, 1.82) is 0 Å². The van der Waals surface area contributed by atoms with E-state index in [9.17, 15) is 14.4 Å². The Hall–Kier alpha value is -2.87. The molecule has 0 bridgehead atoms. The lowest BCUT2D eigenvalue weighted by Gasteiger charge is -2.19. The van der Waals surface area contributed by atoms with Crippen LogP contribution >= 0.6 is 11.3 Å². The fourth-order valence-electron chi connectivity index (χ4n) is 2.22. The summed E-state index contributed by atoms with van der Waals surface area (Å²) in [7, 11) is 0. The van der Waals surface area contributed by atoms with E-state index < -0.39 is 17.7 Å². The van der Waals surface area contributed by atoms with Crippen LogP contribution in [0.3, 0.4) is 0 Å². The molecule has 1 aromatic carbocycles. The zero-order valence-electron chi connectivity index (χ0n) is 16.3. The molecule has 1 heterocycles. The van der Waals surface area contributed by atoms with Crippen LogP contribution in [0.2, 0.25) is 0 Å². The van der Waals surface area contributed by atoms with E-state index in [2.05, 4.69) is 10.6 Å². The van der Waals surface area contributed by atoms with Crippen molar-refractivity contribution in [3.8, 4) is 0 Å². The van der Waals surface area contributed by atoms with E-state index >= 15 is 0 Å². The Morgan fingerprint density at radius 3 is 2.36 bits per heavy atom. The summed E-state index contributed by atoms with van der Waals surface area (Å²) in [6.07, 6.45) is -0.584. The van der Waals surface area contributed by atoms with Crippen molar-refractivity contribution in [3.63, 3.8) is 0 Å². The zero-order valence-corrected chi connectivity index (χ0v) is 17.1. The molecule has 7 nitrogen and oxygen atoms in total. The predicted octanol–water partition coefficient (Wildman–Crippen LogP) is 4.13. The van der Waals surface area contributed by atoms with Gasteiger partial charge in [-0.2, -0.15) is 0 Å². The van der Waals surface area contributed by atoms with Gasteiger partial charge in [0.15, 0.2) is 6.61 Å². The van der Waals surface area contributed by atoms with Gasteiger partial charge in [0.2, 0.25) is 0 Å². The van der Waals surface area contributed by atoms with E-state index in [1.165, 1.54) is 12.1 Å². The van der Waals surface area contributed by atoms with Crippen LogP contribution in [0.15, 0.2) is 41.8 Å². The second-order valence-electron chi connectivity index (χ2n) is 7.08. The topological polar surface area (TPSA) is 93.7 Å². The highest BCUT2D eigenvalue weighted by molar-refractivity contribution is 7.10. The molecule has 0 unspecified atom stereocenters. The molecule has 0 radical (unpaired) electrons. The van der Waals surface area contributed by atoms with Crippen molar-refractivity contribution in [2.75, 3.05) is 11.9 Å². The Balaban J connectivity index is 1.81. The Morgan fingerprint density at radius 1 is 1.11 bits per heavy atom. The maximum atomic E-state index is 12.1. The third-order valence-corrected chi connectivity index (χ3v) is 4.50. The highest BCUT2D eigenvalue weighted by Gasteiger charge is 2.17. The third kappa shape index (κ3) is 7.03. The van der Waals surface area contributed by atoms with Gasteiger partial charge in [0.1, 0.15) is 5.60 Å². The lowest BCUT2D eigenvalue weighted by molar-refractivity contribution is -0.124. The van der Waals surface area contributed by atoms with E-state index in [1.807, 2.05) is 24.4 Å². The number of amides is 2. The molecule has 1 atom stereocenters. The average molecular weight is 404 g/mol. The molecule has 0 spiro atoms. The molecule has 8 heteroatoms. The fourth-order valence-corrected chi connectivity index (χ4v) is 2.95. The molecule has 2 N–H and O–H groups in total. The molecular formula is C20H24N2O5S. The summed E-state index contributed by atoms with van der Waals surface area (Å²) in [6.45, 7) is 6.80. The molecular weight excluding hydrogens is 380 g/mol. The number of hydrogen-bond donors (Lipinski definition) is 2. The van der Waals surface area contributed by atoms with E-state index in [4.69, 9.17) is 9.47 Å². The highest BCUT2D eigenvalue weighted by atomic mass is 32.1. The number of carbonyl (C=O) groups is 3. The second-order valence-corrected chi connectivity index (χ2v) is 8.06. The van der Waals surface area contributed by atoms with Crippen molar-refractivity contribution in [2.45, 2.75) is 39.3 Å². The lowest BCUT2D eigenvalue weighted by atomic mass is 10.2. The molecule has 0 saturated heterocycles. The fraction of sp³-hybridized carbons (Fsp3) is 0.350. The van der Waals surface area contributed by atoms with Crippen LogP contribution in [0.5, 0.6) is 0 Å². The molecule has 0 saturated carbocycles. The van der Waals surface area contributed by atoms with Gasteiger partial charge in [-0.05, 0) is 63.4 Å². The normalized spacial score (nSPS) is 12.0. The molecule has 0 aliphatic carbocycles. The summed E-state index contributed by atoms with van der Waals surface area (Å²) in [5, 5.41) is 7.27. The average Bonchev–Trinajstić information content (AvgIpc) is 3.13. The van der Waals surface area contributed by atoms with Crippen molar-refractivity contribution in [1.82, 2.24) is 5.32 Å². The molecule has 0 aliphatic rings. The van der Waals surface area contributed by atoms with Gasteiger partial charge in [-0.25, -0.2) is 9.59 Å². The number of hydrogen-bond acceptors (Lipinski definition) is 6. The molecule has 28 heavy (non-hydrogen) atoms. The van der Waals surface area contributed by atoms with Crippen molar-refractivity contribution < 1.29 is 23.9 Å². The standard InChI is InChI=1S/C20H24N2O5S/c1-13(16-6-5-11-28-16)21-17(23)12-26-18(24)14-7-9-15(10-8-14)22-19(25)27-20(2,3)4/h5-11,13H,12H2,1-4H3,(H,21,23)(H,22,25)/t13-/m1/s1. The lowest BCUT2D eigenvalue weighted by Crippen LogP contribution is -2.30. The van der Waals surface area contributed by atoms with Gasteiger partial charge in [0, 0.05) is 10.6 Å². The maximum absolute atomic E-state index is 12.1. The van der Waals surface area contributed by atoms with Crippen LogP contribution in [0.1, 0.15) is 49.0 Å². The molecule has 150 valence electrons. The number of rotatable bonds is 6. The first-order valence-electron chi connectivity index (χ1n) is 8.74. The number of thiophene rings is 1. The molecule has 1 aromatic heterocycles. The van der Waals surface area contributed by atoms with Crippen LogP contribution in [-0.4, -0.2) is 30.2 Å². The minimum absolute atomic E-state index is 0.149. The minimum atomic E-state index is -0.622. The van der Waals surface area contributed by atoms with Gasteiger partial charge in [-0.3, -0.25) is 10.1 Å². The zero-order chi connectivity index (χ0) is 20.7. The summed E-state index contributed by atoms with van der Waals surface area (Å²) in [5.74, 6) is -1.000. The van der Waals surface area contributed by atoms with Gasteiger partial charge < -0.3 is 14.8 Å². The Labute approximate surface area is 168 Å². The SMILES string of the molecule is C[C@@H](NC(=O)COC(=O)c1ccc(NC(=O)OC(C)(C)C)cc1)c1cccs1. The number of ether oxygens (including phenoxy) is 2. The largest absolute Gasteiger partial charge is 0.452 e. The Bertz CT molecular complexity index is 810. The summed E-state index contributed by atoms with van der Waals surface area (Å²) >= 11 is 1.54. The summed E-state index contributed by atoms with van der Waals surface area (Å²) in [4.78, 5) is 36.8. The first-order chi connectivity index (χ1) is 13.1. The van der Waals surface area contributed by atoms with E-state index in [0.29, 0.717) is 5.69 Å². The second kappa shape index (κ2) is 9.36. The minimum Gasteiger partial charge on any atom is -0.452 e. The van der Waals surface area contributed by atoms with Crippen LogP contribution in [0, 0.1) is 0 Å². The summed E-state index contributed by atoms with van der Waals surface area (Å²) in [6, 6.07) is 9.80. The van der Waals surface area contributed by atoms with Crippen LogP contribution in [0.4, 0.5) is 10.5 Å². The van der Waals surface area contributed by atoms with Crippen molar-refractivity contribution >= 4 is 35.0 Å². The molecule has 2 amide bonds. The van der Waals surface area contributed by atoms with Gasteiger partial charge in [0.05, 0.1) is 11.6 Å². The highest BCUT2D eigenvalue weighted by Crippen LogP contribution is 2.18. The van der Waals surface area contributed by atoms with E-state index in [-0.39, 0.29) is 24.1 Å². The summed E-state index contributed by atoms with van der Waals surface area (Å²) in [5.41, 5.74) is 0.150. The van der Waals surface area contributed by atoms with Crippen LogP contribution in [0.25, 0.3) is 0 Å². The predicted molar refractivity (Wildman–Crippen MR) is 107 cm³/mol. The van der Waals surface area contributed by atoms with E-state index in [0.717, 1.165) is 4.88 Å². The van der Waals surface area contributed by atoms with Gasteiger partial charge >= 0.3 is 12.1 Å². The molecule has 2 rings (SSSR count). The quantitative estimate of drug-likeness (QED) is 0.706. The first-order valence-corrected chi connectivity index (χ1v) is 9.62. The number of carbonyl (C=O) groups excluding carboxylic acids is 3. The van der Waals surface area contributed by atoms with Crippen molar-refractivity contribution in [3.05, 3.63) is 52.2 Å². The Morgan fingerprint density at radius 2 is 1.79 bits per heavy atom. The molecule has 0 aliphatic heterocycles. The number of anilines is 1. The summed E-state index contributed by atoms with van der Waals surface area (Å²) < 4.78 is 10.2. The van der Waals surface area contributed by atoms with Crippen molar-refractivity contribution in [2.24, 2.45) is 0 Å². The smallest absolute Gasteiger partial charge is 0.412 e. The van der Waals surface area contributed by atoms with Crippen LogP contribution < -0.4 is 10.6 Å². The number of benzene rings is 1. The molecule has 2 aromatic rings.